The number of hydrogen-bond acceptors (Lipinski definition) is 5. The van der Waals surface area contributed by atoms with E-state index in [4.69, 9.17) is 14.2 Å². The molecule has 0 aliphatic heterocycles. The molecule has 0 atom stereocenters. The van der Waals surface area contributed by atoms with Crippen molar-refractivity contribution in [1.82, 2.24) is 0 Å². The summed E-state index contributed by atoms with van der Waals surface area (Å²) in [5.74, 6) is 0.498. The third kappa shape index (κ3) is 6.99. The SMILES string of the molecule is CCOC(=O)CCCC(=O)Oc1ccc(OC)cc1.Cl. The van der Waals surface area contributed by atoms with Crippen molar-refractivity contribution in [2.24, 2.45) is 0 Å². The molecule has 0 heterocycles. The van der Waals surface area contributed by atoms with Gasteiger partial charge in [-0.3, -0.25) is 9.59 Å². The Kier molecular flexibility index (Phi) is 9.20. The fourth-order valence-electron chi connectivity index (χ4n) is 1.44. The van der Waals surface area contributed by atoms with Gasteiger partial charge in [0.1, 0.15) is 11.5 Å². The lowest BCUT2D eigenvalue weighted by Crippen LogP contribution is -2.10. The van der Waals surface area contributed by atoms with E-state index in [1.807, 2.05) is 0 Å². The van der Waals surface area contributed by atoms with Gasteiger partial charge in [0.15, 0.2) is 0 Å². The third-order valence-electron chi connectivity index (χ3n) is 2.36. The Bertz CT molecular complexity index is 416. The number of methoxy groups -OCH3 is 1. The molecule has 0 radical (unpaired) electrons. The fraction of sp³-hybridized carbons (Fsp3) is 0.429. The number of halogens is 1. The van der Waals surface area contributed by atoms with Crippen molar-refractivity contribution in [3.05, 3.63) is 24.3 Å². The summed E-state index contributed by atoms with van der Waals surface area (Å²) < 4.78 is 14.9. The zero-order valence-electron chi connectivity index (χ0n) is 11.6. The smallest absolute Gasteiger partial charge is 0.311 e. The van der Waals surface area contributed by atoms with E-state index < -0.39 is 0 Å². The molecule has 0 saturated carbocycles. The number of carbonyl (C=O) groups excluding carboxylic acids is 2. The predicted molar refractivity (Wildman–Crippen MR) is 76.4 cm³/mol. The first-order valence-corrected chi connectivity index (χ1v) is 6.16. The molecule has 1 aromatic rings. The number of hydrogen-bond donors (Lipinski definition) is 0. The summed E-state index contributed by atoms with van der Waals surface area (Å²) in [7, 11) is 1.57. The predicted octanol–water partition coefficient (Wildman–Crippen LogP) is 2.76. The van der Waals surface area contributed by atoms with Gasteiger partial charge in [-0.05, 0) is 37.6 Å². The van der Waals surface area contributed by atoms with Crippen molar-refractivity contribution in [2.75, 3.05) is 13.7 Å². The first-order valence-electron chi connectivity index (χ1n) is 6.16. The van der Waals surface area contributed by atoms with E-state index in [2.05, 4.69) is 0 Å². The molecular formula is C14H19ClO5. The first-order chi connectivity index (χ1) is 9.15. The van der Waals surface area contributed by atoms with E-state index in [0.29, 0.717) is 24.5 Å². The molecule has 0 aliphatic rings. The molecule has 0 amide bonds. The van der Waals surface area contributed by atoms with Crippen LogP contribution in [-0.2, 0) is 14.3 Å². The van der Waals surface area contributed by atoms with Crippen molar-refractivity contribution < 1.29 is 23.8 Å². The van der Waals surface area contributed by atoms with Crippen LogP contribution in [-0.4, -0.2) is 25.7 Å². The molecule has 0 N–H and O–H groups in total. The highest BCUT2D eigenvalue weighted by Crippen LogP contribution is 2.17. The molecule has 6 heteroatoms. The Labute approximate surface area is 124 Å². The average Bonchev–Trinajstić information content (AvgIpc) is 2.40. The van der Waals surface area contributed by atoms with Gasteiger partial charge in [-0.25, -0.2) is 0 Å². The molecule has 0 saturated heterocycles. The highest BCUT2D eigenvalue weighted by atomic mass is 35.5. The lowest BCUT2D eigenvalue weighted by atomic mass is 10.2. The summed E-state index contributed by atoms with van der Waals surface area (Å²) in [6.07, 6.45) is 0.838. The van der Waals surface area contributed by atoms with Crippen LogP contribution in [0.5, 0.6) is 11.5 Å². The molecule has 0 aromatic heterocycles. The number of benzene rings is 1. The van der Waals surface area contributed by atoms with Crippen molar-refractivity contribution in [1.29, 1.82) is 0 Å². The molecule has 5 nitrogen and oxygen atoms in total. The summed E-state index contributed by atoms with van der Waals surface area (Å²) in [5.41, 5.74) is 0. The highest BCUT2D eigenvalue weighted by molar-refractivity contribution is 5.85. The van der Waals surface area contributed by atoms with Crippen LogP contribution in [0.25, 0.3) is 0 Å². The zero-order chi connectivity index (χ0) is 14.1. The van der Waals surface area contributed by atoms with Crippen LogP contribution >= 0.6 is 12.4 Å². The molecule has 0 fully saturated rings. The van der Waals surface area contributed by atoms with Crippen LogP contribution in [0.1, 0.15) is 26.2 Å². The average molecular weight is 303 g/mol. The van der Waals surface area contributed by atoms with Crippen molar-refractivity contribution in [3.8, 4) is 11.5 Å². The van der Waals surface area contributed by atoms with E-state index in [1.54, 1.807) is 38.3 Å². The van der Waals surface area contributed by atoms with E-state index in [1.165, 1.54) is 0 Å². The van der Waals surface area contributed by atoms with E-state index in [9.17, 15) is 9.59 Å². The topological polar surface area (TPSA) is 61.8 Å². The van der Waals surface area contributed by atoms with Crippen LogP contribution < -0.4 is 9.47 Å². The van der Waals surface area contributed by atoms with Crippen molar-refractivity contribution in [3.63, 3.8) is 0 Å². The standard InChI is InChI=1S/C14H18O5.ClH/c1-3-18-13(15)5-4-6-14(16)19-12-9-7-11(17-2)8-10-12;/h7-10H,3-6H2,1-2H3;1H. The van der Waals surface area contributed by atoms with Crippen molar-refractivity contribution >= 4 is 24.3 Å². The molecular weight excluding hydrogens is 284 g/mol. The van der Waals surface area contributed by atoms with Crippen molar-refractivity contribution in [2.45, 2.75) is 26.2 Å². The van der Waals surface area contributed by atoms with Gasteiger partial charge >= 0.3 is 11.9 Å². The second kappa shape index (κ2) is 10.1. The molecule has 0 bridgehead atoms. The Hall–Kier alpha value is -1.75. The van der Waals surface area contributed by atoms with Crippen LogP contribution in [0, 0.1) is 0 Å². The van der Waals surface area contributed by atoms with Gasteiger partial charge in [-0.15, -0.1) is 12.4 Å². The Morgan fingerprint density at radius 3 is 2.10 bits per heavy atom. The molecule has 20 heavy (non-hydrogen) atoms. The molecule has 112 valence electrons. The first kappa shape index (κ1) is 18.2. The monoisotopic (exact) mass is 302 g/mol. The van der Waals surface area contributed by atoms with Gasteiger partial charge in [0.25, 0.3) is 0 Å². The summed E-state index contributed by atoms with van der Waals surface area (Å²) in [6, 6.07) is 6.73. The maximum Gasteiger partial charge on any atom is 0.311 e. The largest absolute Gasteiger partial charge is 0.497 e. The Morgan fingerprint density at radius 2 is 1.55 bits per heavy atom. The minimum Gasteiger partial charge on any atom is -0.497 e. The maximum absolute atomic E-state index is 11.5. The number of esters is 2. The summed E-state index contributed by atoms with van der Waals surface area (Å²) in [6.45, 7) is 2.10. The van der Waals surface area contributed by atoms with Crippen LogP contribution in [0.3, 0.4) is 0 Å². The summed E-state index contributed by atoms with van der Waals surface area (Å²) in [4.78, 5) is 22.6. The molecule has 1 rings (SSSR count). The summed E-state index contributed by atoms with van der Waals surface area (Å²) in [5, 5.41) is 0. The summed E-state index contributed by atoms with van der Waals surface area (Å²) >= 11 is 0. The number of carbonyl (C=O) groups is 2. The fourth-order valence-corrected chi connectivity index (χ4v) is 1.44. The number of rotatable bonds is 7. The van der Waals surface area contributed by atoms with Gasteiger partial charge in [0, 0.05) is 12.8 Å². The van der Waals surface area contributed by atoms with Gasteiger partial charge in [-0.2, -0.15) is 0 Å². The zero-order valence-corrected chi connectivity index (χ0v) is 12.4. The lowest BCUT2D eigenvalue weighted by molar-refractivity contribution is -0.143. The maximum atomic E-state index is 11.5. The normalized spacial score (nSPS) is 9.30. The number of ether oxygens (including phenoxy) is 3. The van der Waals surface area contributed by atoms with Crippen LogP contribution in [0.2, 0.25) is 0 Å². The van der Waals surface area contributed by atoms with Gasteiger partial charge in [0.05, 0.1) is 13.7 Å². The third-order valence-corrected chi connectivity index (χ3v) is 2.36. The highest BCUT2D eigenvalue weighted by Gasteiger charge is 2.08. The molecule has 0 aliphatic carbocycles. The van der Waals surface area contributed by atoms with Crippen LogP contribution in [0.4, 0.5) is 0 Å². The molecule has 1 aromatic carbocycles. The Balaban J connectivity index is 0.00000361. The van der Waals surface area contributed by atoms with E-state index in [0.717, 1.165) is 0 Å². The second-order valence-corrected chi connectivity index (χ2v) is 3.81. The molecule has 0 unspecified atom stereocenters. The quantitative estimate of drug-likeness (QED) is 0.572. The second-order valence-electron chi connectivity index (χ2n) is 3.81. The van der Waals surface area contributed by atoms with Gasteiger partial charge in [0.2, 0.25) is 0 Å². The Morgan fingerprint density at radius 1 is 1.00 bits per heavy atom. The van der Waals surface area contributed by atoms with Gasteiger partial charge in [-0.1, -0.05) is 0 Å². The van der Waals surface area contributed by atoms with Gasteiger partial charge < -0.3 is 14.2 Å². The minimum atomic E-state index is -0.366. The minimum absolute atomic E-state index is 0. The van der Waals surface area contributed by atoms with Crippen LogP contribution in [0.15, 0.2) is 24.3 Å². The lowest BCUT2D eigenvalue weighted by Gasteiger charge is -2.05. The molecule has 0 spiro atoms. The van der Waals surface area contributed by atoms with E-state index >= 15 is 0 Å². The van der Waals surface area contributed by atoms with E-state index in [-0.39, 0.29) is 37.2 Å².